The van der Waals surface area contributed by atoms with Crippen molar-refractivity contribution < 1.29 is 9.53 Å². The van der Waals surface area contributed by atoms with Crippen LogP contribution in [0, 0.1) is 13.8 Å². The van der Waals surface area contributed by atoms with E-state index in [9.17, 15) is 4.79 Å². The number of carbonyl (C=O) groups excluding carboxylic acids is 1. The van der Waals surface area contributed by atoms with Crippen molar-refractivity contribution in [1.29, 1.82) is 0 Å². The summed E-state index contributed by atoms with van der Waals surface area (Å²) in [5, 5.41) is 9.63. The number of hydrogen-bond donors (Lipinski definition) is 3. The van der Waals surface area contributed by atoms with Crippen LogP contribution in [0.5, 0.6) is 5.75 Å². The number of ether oxygens (including phenoxy) is 1. The molecule has 0 radical (unpaired) electrons. The third-order valence-corrected chi connectivity index (χ3v) is 3.06. The van der Waals surface area contributed by atoms with Gasteiger partial charge in [-0.05, 0) is 32.9 Å². The van der Waals surface area contributed by atoms with Crippen molar-refractivity contribution in [2.24, 2.45) is 0 Å². The zero-order valence-electron chi connectivity index (χ0n) is 11.8. The summed E-state index contributed by atoms with van der Waals surface area (Å²) in [7, 11) is 0. The molecule has 1 heterocycles. The summed E-state index contributed by atoms with van der Waals surface area (Å²) in [6.45, 7) is 6.06. The van der Waals surface area contributed by atoms with E-state index in [0.29, 0.717) is 29.4 Å². The van der Waals surface area contributed by atoms with Gasteiger partial charge >= 0.3 is 0 Å². The van der Waals surface area contributed by atoms with Crippen molar-refractivity contribution in [3.63, 3.8) is 0 Å². The molecule has 6 heteroatoms. The number of amides is 1. The lowest BCUT2D eigenvalue weighted by molar-refractivity contribution is 0.102. The summed E-state index contributed by atoms with van der Waals surface area (Å²) < 4.78 is 5.45. The van der Waals surface area contributed by atoms with E-state index in [2.05, 4.69) is 15.5 Å². The maximum absolute atomic E-state index is 12.3. The number of para-hydroxylation sites is 1. The maximum atomic E-state index is 12.3. The first-order chi connectivity index (χ1) is 9.54. The van der Waals surface area contributed by atoms with Gasteiger partial charge in [-0.15, -0.1) is 0 Å². The number of anilines is 2. The molecule has 2 aromatic rings. The standard InChI is InChI=1S/C14H18N4O2/c1-4-20-12-10(6-5-7-11(12)15)14(19)16-13-8(2)9(3)17-18-13/h5-7H,4,15H2,1-3H3,(H2,16,17,18,19). The quantitative estimate of drug-likeness (QED) is 0.745. The largest absolute Gasteiger partial charge is 0.491 e. The highest BCUT2D eigenvalue weighted by molar-refractivity contribution is 6.07. The number of rotatable bonds is 4. The number of aromatic amines is 1. The number of H-pyrrole nitrogens is 1. The Kier molecular flexibility index (Phi) is 3.93. The number of aromatic nitrogens is 2. The summed E-state index contributed by atoms with van der Waals surface area (Å²) in [4.78, 5) is 12.3. The monoisotopic (exact) mass is 274 g/mol. The molecule has 1 aromatic heterocycles. The predicted octanol–water partition coefficient (Wildman–Crippen LogP) is 2.26. The fraction of sp³-hybridized carbons (Fsp3) is 0.286. The first-order valence-electron chi connectivity index (χ1n) is 6.38. The Morgan fingerprint density at radius 3 is 2.80 bits per heavy atom. The number of benzene rings is 1. The average Bonchev–Trinajstić information content (AvgIpc) is 2.73. The lowest BCUT2D eigenvalue weighted by Gasteiger charge is -2.12. The first-order valence-corrected chi connectivity index (χ1v) is 6.38. The summed E-state index contributed by atoms with van der Waals surface area (Å²) in [5.41, 5.74) is 8.50. The normalized spacial score (nSPS) is 10.3. The third kappa shape index (κ3) is 2.59. The van der Waals surface area contributed by atoms with Crippen LogP contribution in [0.2, 0.25) is 0 Å². The molecule has 0 unspecified atom stereocenters. The fourth-order valence-electron chi connectivity index (χ4n) is 1.82. The summed E-state index contributed by atoms with van der Waals surface area (Å²) in [6.07, 6.45) is 0. The minimum Gasteiger partial charge on any atom is -0.491 e. The number of aryl methyl sites for hydroxylation is 1. The molecule has 106 valence electrons. The second-order valence-corrected chi connectivity index (χ2v) is 4.43. The molecule has 0 saturated carbocycles. The van der Waals surface area contributed by atoms with Crippen LogP contribution in [0.25, 0.3) is 0 Å². The molecule has 0 spiro atoms. The van der Waals surface area contributed by atoms with E-state index in [1.165, 1.54) is 0 Å². The Morgan fingerprint density at radius 2 is 2.20 bits per heavy atom. The lowest BCUT2D eigenvalue weighted by Crippen LogP contribution is -2.15. The highest BCUT2D eigenvalue weighted by atomic mass is 16.5. The van der Waals surface area contributed by atoms with Crippen molar-refractivity contribution in [3.05, 3.63) is 35.0 Å². The van der Waals surface area contributed by atoms with Gasteiger partial charge in [0.2, 0.25) is 0 Å². The van der Waals surface area contributed by atoms with E-state index in [1.807, 2.05) is 20.8 Å². The van der Waals surface area contributed by atoms with E-state index < -0.39 is 0 Å². The van der Waals surface area contributed by atoms with Crippen molar-refractivity contribution >= 4 is 17.4 Å². The van der Waals surface area contributed by atoms with Gasteiger partial charge in [0.05, 0.1) is 17.9 Å². The second-order valence-electron chi connectivity index (χ2n) is 4.43. The smallest absolute Gasteiger partial charge is 0.260 e. The van der Waals surface area contributed by atoms with Crippen LogP contribution in [-0.2, 0) is 0 Å². The maximum Gasteiger partial charge on any atom is 0.260 e. The molecular formula is C14H18N4O2. The highest BCUT2D eigenvalue weighted by Gasteiger charge is 2.17. The number of hydrogen-bond acceptors (Lipinski definition) is 4. The van der Waals surface area contributed by atoms with Gasteiger partial charge in [-0.25, -0.2) is 0 Å². The Bertz CT molecular complexity index is 634. The molecular weight excluding hydrogens is 256 g/mol. The van der Waals surface area contributed by atoms with Gasteiger partial charge < -0.3 is 15.8 Å². The van der Waals surface area contributed by atoms with E-state index in [1.54, 1.807) is 18.2 Å². The van der Waals surface area contributed by atoms with Crippen LogP contribution in [-0.4, -0.2) is 22.7 Å². The molecule has 0 aliphatic rings. The second kappa shape index (κ2) is 5.64. The Morgan fingerprint density at radius 1 is 1.45 bits per heavy atom. The molecule has 0 aliphatic carbocycles. The number of nitrogens with one attached hydrogen (secondary N) is 2. The fourth-order valence-corrected chi connectivity index (χ4v) is 1.82. The SMILES string of the molecule is CCOc1c(N)cccc1C(=O)Nc1n[nH]c(C)c1C. The van der Waals surface area contributed by atoms with Gasteiger partial charge in [0.15, 0.2) is 11.6 Å². The minimum atomic E-state index is -0.296. The van der Waals surface area contributed by atoms with Crippen molar-refractivity contribution in [3.8, 4) is 5.75 Å². The molecule has 0 bridgehead atoms. The Labute approximate surface area is 117 Å². The van der Waals surface area contributed by atoms with Crippen LogP contribution in [0.15, 0.2) is 18.2 Å². The zero-order chi connectivity index (χ0) is 14.7. The van der Waals surface area contributed by atoms with Crippen LogP contribution < -0.4 is 15.8 Å². The van der Waals surface area contributed by atoms with Gasteiger partial charge in [0.25, 0.3) is 5.91 Å². The molecule has 1 amide bonds. The van der Waals surface area contributed by atoms with Gasteiger partial charge in [-0.1, -0.05) is 6.07 Å². The molecule has 0 atom stereocenters. The summed E-state index contributed by atoms with van der Waals surface area (Å²) in [5.74, 6) is 0.616. The zero-order valence-corrected chi connectivity index (χ0v) is 11.8. The lowest BCUT2D eigenvalue weighted by atomic mass is 10.1. The molecule has 0 saturated heterocycles. The highest BCUT2D eigenvalue weighted by Crippen LogP contribution is 2.27. The van der Waals surface area contributed by atoms with Gasteiger partial charge in [0, 0.05) is 11.3 Å². The number of carbonyl (C=O) groups is 1. The Balaban J connectivity index is 2.30. The van der Waals surface area contributed by atoms with E-state index in [-0.39, 0.29) is 5.91 Å². The summed E-state index contributed by atoms with van der Waals surface area (Å²) >= 11 is 0. The van der Waals surface area contributed by atoms with E-state index in [0.717, 1.165) is 11.3 Å². The number of nitrogens with zero attached hydrogens (tertiary/aromatic N) is 1. The van der Waals surface area contributed by atoms with Crippen molar-refractivity contribution in [2.45, 2.75) is 20.8 Å². The average molecular weight is 274 g/mol. The van der Waals surface area contributed by atoms with Gasteiger partial charge in [-0.2, -0.15) is 5.10 Å². The van der Waals surface area contributed by atoms with Crippen LogP contribution in [0.1, 0.15) is 28.5 Å². The Hall–Kier alpha value is -2.50. The topological polar surface area (TPSA) is 93.0 Å². The van der Waals surface area contributed by atoms with Gasteiger partial charge in [-0.3, -0.25) is 9.89 Å². The molecule has 20 heavy (non-hydrogen) atoms. The van der Waals surface area contributed by atoms with E-state index in [4.69, 9.17) is 10.5 Å². The van der Waals surface area contributed by atoms with Crippen LogP contribution >= 0.6 is 0 Å². The first kappa shape index (κ1) is 13.9. The molecule has 0 aliphatic heterocycles. The predicted molar refractivity (Wildman–Crippen MR) is 78.0 cm³/mol. The minimum absolute atomic E-state index is 0.296. The van der Waals surface area contributed by atoms with Crippen LogP contribution in [0.4, 0.5) is 11.5 Å². The molecule has 4 N–H and O–H groups in total. The molecule has 6 nitrogen and oxygen atoms in total. The van der Waals surface area contributed by atoms with E-state index >= 15 is 0 Å². The molecule has 0 fully saturated rings. The van der Waals surface area contributed by atoms with Gasteiger partial charge in [0.1, 0.15) is 0 Å². The molecule has 1 aromatic carbocycles. The number of nitrogens with two attached hydrogens (primary N) is 1. The molecule has 2 rings (SSSR count). The third-order valence-electron chi connectivity index (χ3n) is 3.06. The van der Waals surface area contributed by atoms with Crippen molar-refractivity contribution in [2.75, 3.05) is 17.7 Å². The van der Waals surface area contributed by atoms with Crippen molar-refractivity contribution in [1.82, 2.24) is 10.2 Å². The summed E-state index contributed by atoms with van der Waals surface area (Å²) in [6, 6.07) is 5.09. The number of nitrogen functional groups attached to an aromatic ring is 1. The van der Waals surface area contributed by atoms with Crippen LogP contribution in [0.3, 0.4) is 0 Å².